The molecule has 0 atom stereocenters. The molecule has 3 N–H and O–H groups in total. The first-order valence-electron chi connectivity index (χ1n) is 12.1. The molecule has 0 fully saturated rings. The quantitative estimate of drug-likeness (QED) is 0.298. The molecule has 0 unspecified atom stereocenters. The van der Waals surface area contributed by atoms with Gasteiger partial charge in [0.25, 0.3) is 0 Å². The molecule has 0 bridgehead atoms. The zero-order chi connectivity index (χ0) is 26.1. The van der Waals surface area contributed by atoms with Crippen molar-refractivity contribution in [2.45, 2.75) is 13.1 Å². The third-order valence-electron chi connectivity index (χ3n) is 6.37. The van der Waals surface area contributed by atoms with E-state index in [2.05, 4.69) is 20.4 Å². The number of ether oxygens (including phenoxy) is 1. The first-order valence-corrected chi connectivity index (χ1v) is 12.1. The highest BCUT2D eigenvalue weighted by Gasteiger charge is 2.12. The van der Waals surface area contributed by atoms with Crippen LogP contribution in [-0.4, -0.2) is 31.8 Å². The van der Waals surface area contributed by atoms with Crippen molar-refractivity contribution in [1.82, 2.24) is 24.7 Å². The second kappa shape index (κ2) is 9.78. The highest BCUT2D eigenvalue weighted by Crippen LogP contribution is 2.27. The largest absolute Gasteiger partial charge is 0.497 e. The Labute approximate surface area is 217 Å². The molecule has 0 amide bonds. The van der Waals surface area contributed by atoms with E-state index in [1.807, 2.05) is 59.3 Å². The van der Waals surface area contributed by atoms with Crippen LogP contribution >= 0.6 is 0 Å². The molecular weight excluding hydrogens is 481 g/mol. The lowest BCUT2D eigenvalue weighted by atomic mass is 10.1. The average Bonchev–Trinajstić information content (AvgIpc) is 3.34. The summed E-state index contributed by atoms with van der Waals surface area (Å²) in [4.78, 5) is 13.8. The zero-order valence-electron chi connectivity index (χ0n) is 20.6. The number of halogens is 1. The highest BCUT2D eigenvalue weighted by atomic mass is 19.1. The molecule has 6 aromatic rings. The minimum atomic E-state index is -0.262. The lowest BCUT2D eigenvalue weighted by molar-refractivity contribution is 0.414. The van der Waals surface area contributed by atoms with Crippen LogP contribution in [0, 0.1) is 5.82 Å². The molecule has 3 heterocycles. The number of aromatic nitrogens is 5. The molecule has 0 aliphatic heterocycles. The summed E-state index contributed by atoms with van der Waals surface area (Å²) >= 11 is 0. The van der Waals surface area contributed by atoms with Crippen LogP contribution in [0.2, 0.25) is 0 Å². The summed E-state index contributed by atoms with van der Waals surface area (Å²) in [5, 5.41) is 9.45. The van der Waals surface area contributed by atoms with Crippen LogP contribution in [-0.2, 0) is 13.1 Å². The van der Waals surface area contributed by atoms with Crippen molar-refractivity contribution in [2.24, 2.45) is 0 Å². The minimum Gasteiger partial charge on any atom is -0.497 e. The maximum Gasteiger partial charge on any atom is 0.162 e. The van der Waals surface area contributed by atoms with Crippen molar-refractivity contribution in [3.05, 3.63) is 102 Å². The van der Waals surface area contributed by atoms with Crippen molar-refractivity contribution in [2.75, 3.05) is 18.2 Å². The molecule has 3 aromatic carbocycles. The van der Waals surface area contributed by atoms with Gasteiger partial charge in [0, 0.05) is 22.9 Å². The second-order valence-electron chi connectivity index (χ2n) is 8.93. The lowest BCUT2D eigenvalue weighted by Crippen LogP contribution is -2.03. The Balaban J connectivity index is 1.23. The molecule has 0 radical (unpaired) electrons. The lowest BCUT2D eigenvalue weighted by Gasteiger charge is -2.10. The van der Waals surface area contributed by atoms with Crippen LogP contribution in [0.4, 0.5) is 16.0 Å². The maximum atomic E-state index is 13.6. The van der Waals surface area contributed by atoms with E-state index < -0.39 is 0 Å². The van der Waals surface area contributed by atoms with Gasteiger partial charge in [-0.15, -0.1) is 0 Å². The van der Waals surface area contributed by atoms with E-state index >= 15 is 0 Å². The van der Waals surface area contributed by atoms with Crippen molar-refractivity contribution in [1.29, 1.82) is 0 Å². The Morgan fingerprint density at radius 2 is 1.82 bits per heavy atom. The van der Waals surface area contributed by atoms with E-state index in [4.69, 9.17) is 15.5 Å². The number of anilines is 2. The number of hydrogen-bond donors (Lipinski definition) is 2. The molecule has 0 aliphatic carbocycles. The summed E-state index contributed by atoms with van der Waals surface area (Å²) in [7, 11) is 1.65. The molecule has 0 saturated heterocycles. The van der Waals surface area contributed by atoms with Crippen molar-refractivity contribution < 1.29 is 9.13 Å². The van der Waals surface area contributed by atoms with Gasteiger partial charge >= 0.3 is 0 Å². The van der Waals surface area contributed by atoms with Crippen LogP contribution in [0.1, 0.15) is 11.1 Å². The van der Waals surface area contributed by atoms with Gasteiger partial charge < -0.3 is 15.8 Å². The van der Waals surface area contributed by atoms with Gasteiger partial charge in [0.05, 0.1) is 37.1 Å². The fraction of sp³-hybridized carbons (Fsp3) is 0.103. The SMILES string of the molecule is COc1ccc(CNc2cc3c(N)nc(-c4ccc5c(cnn5Cc5cccc(F)c5)c4)nc3cn2)cc1. The van der Waals surface area contributed by atoms with E-state index in [0.717, 1.165) is 38.7 Å². The zero-order valence-corrected chi connectivity index (χ0v) is 20.6. The number of hydrogen-bond acceptors (Lipinski definition) is 7. The van der Waals surface area contributed by atoms with Crippen LogP contribution in [0.3, 0.4) is 0 Å². The summed E-state index contributed by atoms with van der Waals surface area (Å²) in [6.45, 7) is 1.08. The third kappa shape index (κ3) is 4.69. The van der Waals surface area contributed by atoms with Crippen molar-refractivity contribution >= 4 is 33.4 Å². The van der Waals surface area contributed by atoms with E-state index in [1.54, 1.807) is 25.6 Å². The Morgan fingerprint density at radius 3 is 2.63 bits per heavy atom. The summed E-state index contributed by atoms with van der Waals surface area (Å²) in [6, 6.07) is 22.1. The molecule has 6 rings (SSSR count). The molecule has 8 nitrogen and oxygen atoms in total. The van der Waals surface area contributed by atoms with Gasteiger partial charge in [0.2, 0.25) is 0 Å². The minimum absolute atomic E-state index is 0.262. The fourth-order valence-electron chi connectivity index (χ4n) is 4.38. The Kier molecular flexibility index (Phi) is 6.01. The maximum absolute atomic E-state index is 13.6. The predicted octanol–water partition coefficient (Wildman–Crippen LogP) is 5.43. The second-order valence-corrected chi connectivity index (χ2v) is 8.93. The van der Waals surface area contributed by atoms with Crippen LogP contribution in [0.15, 0.2) is 85.2 Å². The van der Waals surface area contributed by atoms with Gasteiger partial charge in [0.15, 0.2) is 5.82 Å². The summed E-state index contributed by atoms with van der Waals surface area (Å²) in [6.07, 6.45) is 3.48. The molecule has 38 heavy (non-hydrogen) atoms. The Hall–Kier alpha value is -5.05. The van der Waals surface area contributed by atoms with E-state index in [-0.39, 0.29) is 5.82 Å². The monoisotopic (exact) mass is 505 g/mol. The van der Waals surface area contributed by atoms with Gasteiger partial charge in [-0.1, -0.05) is 24.3 Å². The normalized spacial score (nSPS) is 11.2. The number of nitrogens with two attached hydrogens (primary N) is 1. The number of pyridine rings is 1. The number of nitrogens with zero attached hydrogens (tertiary/aromatic N) is 5. The van der Waals surface area contributed by atoms with Gasteiger partial charge in [0.1, 0.15) is 23.2 Å². The van der Waals surface area contributed by atoms with E-state index in [9.17, 15) is 4.39 Å². The average molecular weight is 506 g/mol. The first kappa shape index (κ1) is 23.4. The Bertz CT molecular complexity index is 1770. The van der Waals surface area contributed by atoms with E-state index in [0.29, 0.717) is 36.1 Å². The molecular formula is C29H24FN7O. The van der Waals surface area contributed by atoms with E-state index in [1.165, 1.54) is 12.1 Å². The number of fused-ring (bicyclic) bond motifs is 2. The molecule has 0 aliphatic rings. The fourth-order valence-corrected chi connectivity index (χ4v) is 4.38. The van der Waals surface area contributed by atoms with Gasteiger partial charge in [-0.3, -0.25) is 4.68 Å². The number of nitrogens with one attached hydrogen (secondary N) is 1. The summed E-state index contributed by atoms with van der Waals surface area (Å²) < 4.78 is 20.6. The number of methoxy groups -OCH3 is 1. The third-order valence-corrected chi connectivity index (χ3v) is 6.37. The number of rotatable bonds is 7. The summed E-state index contributed by atoms with van der Waals surface area (Å²) in [5.41, 5.74) is 10.7. The first-order chi connectivity index (χ1) is 18.6. The highest BCUT2D eigenvalue weighted by molar-refractivity contribution is 5.91. The topological polar surface area (TPSA) is 104 Å². The van der Waals surface area contributed by atoms with Crippen LogP contribution in [0.5, 0.6) is 5.75 Å². The molecule has 0 spiro atoms. The van der Waals surface area contributed by atoms with Gasteiger partial charge in [-0.2, -0.15) is 5.10 Å². The van der Waals surface area contributed by atoms with Crippen molar-refractivity contribution in [3.63, 3.8) is 0 Å². The standard InChI is InChI=1S/C29H24FN7O/c1-38-23-8-5-18(6-9-23)14-32-27-13-24-25(16-33-27)35-29(36-28(24)31)20-7-10-26-21(12-20)15-34-37(26)17-19-3-2-4-22(30)11-19/h2-13,15-16H,14,17H2,1H3,(H,32,33)(H2,31,35,36). The predicted molar refractivity (Wildman–Crippen MR) is 146 cm³/mol. The molecule has 3 aromatic heterocycles. The Morgan fingerprint density at radius 1 is 0.947 bits per heavy atom. The molecule has 9 heteroatoms. The summed E-state index contributed by atoms with van der Waals surface area (Å²) in [5.74, 6) is 2.12. The number of nitrogen functional groups attached to an aromatic ring is 1. The van der Waals surface area contributed by atoms with Gasteiger partial charge in [-0.25, -0.2) is 19.3 Å². The van der Waals surface area contributed by atoms with Crippen LogP contribution < -0.4 is 15.8 Å². The smallest absolute Gasteiger partial charge is 0.162 e. The van der Waals surface area contributed by atoms with Crippen molar-refractivity contribution in [3.8, 4) is 17.1 Å². The van der Waals surface area contributed by atoms with Gasteiger partial charge in [-0.05, 0) is 59.7 Å². The van der Waals surface area contributed by atoms with Crippen LogP contribution in [0.25, 0.3) is 33.2 Å². The number of benzene rings is 3. The molecule has 0 saturated carbocycles. The molecule has 188 valence electrons.